The first-order valence-electron chi connectivity index (χ1n) is 6.38. The van der Waals surface area contributed by atoms with Gasteiger partial charge in [-0.3, -0.25) is 10.1 Å². The second kappa shape index (κ2) is 5.75. The molecule has 0 heterocycles. The van der Waals surface area contributed by atoms with E-state index in [0.29, 0.717) is 5.56 Å². The molecule has 0 aliphatic carbocycles. The van der Waals surface area contributed by atoms with Crippen molar-refractivity contribution in [2.45, 2.75) is 13.8 Å². The van der Waals surface area contributed by atoms with E-state index in [9.17, 15) is 14.9 Å². The van der Waals surface area contributed by atoms with E-state index in [1.54, 1.807) is 6.07 Å². The van der Waals surface area contributed by atoms with Gasteiger partial charge in [-0.05, 0) is 37.1 Å². The molecule has 108 valence electrons. The van der Waals surface area contributed by atoms with Gasteiger partial charge in [-0.15, -0.1) is 0 Å². The molecule has 0 saturated carbocycles. The molecule has 0 fully saturated rings. The van der Waals surface area contributed by atoms with Crippen LogP contribution in [0.15, 0.2) is 36.4 Å². The summed E-state index contributed by atoms with van der Waals surface area (Å²) < 4.78 is 4.60. The summed E-state index contributed by atoms with van der Waals surface area (Å²) in [4.78, 5) is 22.3. The summed E-state index contributed by atoms with van der Waals surface area (Å²) in [5, 5.41) is 11.3. The predicted octanol–water partition coefficient (Wildman–Crippen LogP) is 3.67. The number of hydrogen-bond donors (Lipinski definition) is 0. The number of aryl methyl sites for hydroxylation is 2. The number of ether oxygens (including phenoxy) is 1. The van der Waals surface area contributed by atoms with Crippen LogP contribution in [0.1, 0.15) is 21.5 Å². The van der Waals surface area contributed by atoms with Crippen molar-refractivity contribution in [2.75, 3.05) is 7.11 Å². The third-order valence-corrected chi connectivity index (χ3v) is 3.30. The molecule has 2 aromatic rings. The van der Waals surface area contributed by atoms with Gasteiger partial charge in [0.1, 0.15) is 0 Å². The normalized spacial score (nSPS) is 10.2. The fraction of sp³-hybridized carbons (Fsp3) is 0.188. The molecule has 0 aliphatic rings. The zero-order valence-corrected chi connectivity index (χ0v) is 12.0. The predicted molar refractivity (Wildman–Crippen MR) is 79.3 cm³/mol. The average molecular weight is 285 g/mol. The molecule has 21 heavy (non-hydrogen) atoms. The summed E-state index contributed by atoms with van der Waals surface area (Å²) in [6.45, 7) is 3.82. The largest absolute Gasteiger partial charge is 0.465 e. The zero-order valence-electron chi connectivity index (χ0n) is 12.0. The van der Waals surface area contributed by atoms with Crippen LogP contribution >= 0.6 is 0 Å². The molecular formula is C16H15NO4. The maximum Gasteiger partial charge on any atom is 0.338 e. The second-order valence-corrected chi connectivity index (χ2v) is 4.80. The maximum absolute atomic E-state index is 11.5. The lowest BCUT2D eigenvalue weighted by Crippen LogP contribution is -2.03. The van der Waals surface area contributed by atoms with Crippen molar-refractivity contribution in [1.29, 1.82) is 0 Å². The van der Waals surface area contributed by atoms with E-state index in [0.717, 1.165) is 16.7 Å². The summed E-state index contributed by atoms with van der Waals surface area (Å²) in [5.41, 5.74) is 3.30. The number of nitrogens with zero attached hydrogens (tertiary/aromatic N) is 1. The molecular weight excluding hydrogens is 270 g/mol. The summed E-state index contributed by atoms with van der Waals surface area (Å²) >= 11 is 0. The van der Waals surface area contributed by atoms with E-state index in [-0.39, 0.29) is 11.3 Å². The van der Waals surface area contributed by atoms with Gasteiger partial charge in [-0.2, -0.15) is 0 Å². The highest BCUT2D eigenvalue weighted by atomic mass is 16.6. The lowest BCUT2D eigenvalue weighted by atomic mass is 9.96. The molecule has 0 amide bonds. The Kier molecular flexibility index (Phi) is 4.03. The molecule has 0 saturated heterocycles. The van der Waals surface area contributed by atoms with Crippen LogP contribution in [0.25, 0.3) is 11.1 Å². The SMILES string of the molecule is COC(=O)c1ccc(-c2cc(C)ccc2C)c([N+](=O)[O-])c1. The topological polar surface area (TPSA) is 69.4 Å². The minimum atomic E-state index is -0.592. The quantitative estimate of drug-likeness (QED) is 0.490. The fourth-order valence-corrected chi connectivity index (χ4v) is 2.18. The number of nitro groups is 1. The second-order valence-electron chi connectivity index (χ2n) is 4.80. The van der Waals surface area contributed by atoms with Gasteiger partial charge in [0.25, 0.3) is 5.69 Å². The smallest absolute Gasteiger partial charge is 0.338 e. The molecule has 5 nitrogen and oxygen atoms in total. The van der Waals surface area contributed by atoms with E-state index in [1.807, 2.05) is 32.0 Å². The minimum absolute atomic E-state index is 0.105. The van der Waals surface area contributed by atoms with E-state index in [1.165, 1.54) is 19.2 Å². The maximum atomic E-state index is 11.5. The first kappa shape index (κ1) is 14.7. The number of benzene rings is 2. The van der Waals surface area contributed by atoms with E-state index in [2.05, 4.69) is 4.74 Å². The third-order valence-electron chi connectivity index (χ3n) is 3.30. The van der Waals surface area contributed by atoms with E-state index >= 15 is 0 Å². The van der Waals surface area contributed by atoms with Gasteiger partial charge >= 0.3 is 5.97 Å². The van der Waals surface area contributed by atoms with Crippen molar-refractivity contribution in [2.24, 2.45) is 0 Å². The Hall–Kier alpha value is -2.69. The van der Waals surface area contributed by atoms with Gasteiger partial charge in [-0.25, -0.2) is 4.79 Å². The fourth-order valence-electron chi connectivity index (χ4n) is 2.18. The number of methoxy groups -OCH3 is 1. The number of esters is 1. The molecule has 2 rings (SSSR count). The molecule has 0 unspecified atom stereocenters. The first-order valence-corrected chi connectivity index (χ1v) is 6.38. The molecule has 0 radical (unpaired) electrons. The number of hydrogen-bond acceptors (Lipinski definition) is 4. The van der Waals surface area contributed by atoms with Crippen molar-refractivity contribution >= 4 is 11.7 Å². The van der Waals surface area contributed by atoms with Crippen molar-refractivity contribution in [3.05, 3.63) is 63.2 Å². The van der Waals surface area contributed by atoms with Crippen LogP contribution in [0.2, 0.25) is 0 Å². The standard InChI is InChI=1S/C16H15NO4/c1-10-4-5-11(2)14(8-10)13-7-6-12(16(18)21-3)9-15(13)17(19)20/h4-9H,1-3H3. The molecule has 5 heteroatoms. The highest BCUT2D eigenvalue weighted by Gasteiger charge is 2.20. The van der Waals surface area contributed by atoms with Gasteiger partial charge in [0.15, 0.2) is 0 Å². The Bertz CT molecular complexity index is 722. The summed E-state index contributed by atoms with van der Waals surface area (Å²) in [5.74, 6) is -0.592. The van der Waals surface area contributed by atoms with Gasteiger partial charge < -0.3 is 4.74 Å². The van der Waals surface area contributed by atoms with Crippen LogP contribution in [0, 0.1) is 24.0 Å². The molecule has 0 spiro atoms. The number of carbonyl (C=O) groups is 1. The minimum Gasteiger partial charge on any atom is -0.465 e. The number of carbonyl (C=O) groups excluding carboxylic acids is 1. The lowest BCUT2D eigenvalue weighted by molar-refractivity contribution is -0.384. The first-order chi connectivity index (χ1) is 9.93. The van der Waals surface area contributed by atoms with Gasteiger partial charge in [-0.1, -0.05) is 23.8 Å². The van der Waals surface area contributed by atoms with Gasteiger partial charge in [0, 0.05) is 6.07 Å². The van der Waals surface area contributed by atoms with Crippen LogP contribution in [-0.4, -0.2) is 18.0 Å². The zero-order chi connectivity index (χ0) is 15.6. The number of nitro benzene ring substituents is 1. The molecule has 0 aromatic heterocycles. The van der Waals surface area contributed by atoms with Crippen LogP contribution in [0.4, 0.5) is 5.69 Å². The lowest BCUT2D eigenvalue weighted by Gasteiger charge is -2.09. The summed E-state index contributed by atoms with van der Waals surface area (Å²) in [7, 11) is 1.24. The molecule has 0 bridgehead atoms. The Morgan fingerprint density at radius 3 is 2.43 bits per heavy atom. The average Bonchev–Trinajstić information content (AvgIpc) is 2.48. The molecule has 0 aliphatic heterocycles. The van der Waals surface area contributed by atoms with E-state index in [4.69, 9.17) is 0 Å². The van der Waals surface area contributed by atoms with E-state index < -0.39 is 10.9 Å². The molecule has 0 atom stereocenters. The number of rotatable bonds is 3. The monoisotopic (exact) mass is 285 g/mol. The van der Waals surface area contributed by atoms with Crippen LogP contribution in [0.5, 0.6) is 0 Å². The third kappa shape index (κ3) is 2.91. The Balaban J connectivity index is 2.66. The Morgan fingerprint density at radius 1 is 1.10 bits per heavy atom. The highest BCUT2D eigenvalue weighted by Crippen LogP contribution is 2.33. The molecule has 2 aromatic carbocycles. The Morgan fingerprint density at radius 2 is 1.81 bits per heavy atom. The van der Waals surface area contributed by atoms with Gasteiger partial charge in [0.05, 0.1) is 23.2 Å². The molecule has 0 N–H and O–H groups in total. The Labute approximate surface area is 122 Å². The van der Waals surface area contributed by atoms with Crippen molar-refractivity contribution < 1.29 is 14.5 Å². The van der Waals surface area contributed by atoms with Crippen molar-refractivity contribution in [3.8, 4) is 11.1 Å². The van der Waals surface area contributed by atoms with Crippen molar-refractivity contribution in [3.63, 3.8) is 0 Å². The van der Waals surface area contributed by atoms with Gasteiger partial charge in [0.2, 0.25) is 0 Å². The van der Waals surface area contributed by atoms with Crippen LogP contribution < -0.4 is 0 Å². The highest BCUT2D eigenvalue weighted by molar-refractivity contribution is 5.92. The summed E-state index contributed by atoms with van der Waals surface area (Å²) in [6, 6.07) is 10.1. The van der Waals surface area contributed by atoms with Crippen LogP contribution in [-0.2, 0) is 4.74 Å². The van der Waals surface area contributed by atoms with Crippen molar-refractivity contribution in [1.82, 2.24) is 0 Å². The van der Waals surface area contributed by atoms with Crippen LogP contribution in [0.3, 0.4) is 0 Å². The summed E-state index contributed by atoms with van der Waals surface area (Å²) in [6.07, 6.45) is 0.